The summed E-state index contributed by atoms with van der Waals surface area (Å²) in [5.41, 5.74) is 0. The lowest BCUT2D eigenvalue weighted by atomic mass is 9.85. The van der Waals surface area contributed by atoms with Crippen LogP contribution in [0.3, 0.4) is 0 Å². The number of nitrogens with zero attached hydrogens (tertiary/aromatic N) is 1. The molecule has 2 fully saturated rings. The van der Waals surface area contributed by atoms with E-state index in [9.17, 15) is 32.9 Å². The Morgan fingerprint density at radius 1 is 1.21 bits per heavy atom. The lowest BCUT2D eigenvalue weighted by Gasteiger charge is -2.30. The van der Waals surface area contributed by atoms with Crippen molar-refractivity contribution >= 4 is 39.5 Å². The summed E-state index contributed by atoms with van der Waals surface area (Å²) in [4.78, 5) is 47.0. The monoisotopic (exact) mass is 451 g/mol. The molecule has 5 unspecified atom stereocenters. The molecule has 0 spiro atoms. The molecule has 1 aliphatic carbocycles. The number of rotatable bonds is 6. The van der Waals surface area contributed by atoms with E-state index in [0.717, 1.165) is 6.26 Å². The number of thioether (sulfide) groups is 1. The summed E-state index contributed by atoms with van der Waals surface area (Å²) >= 11 is 1.35. The minimum absolute atomic E-state index is 0.0349. The summed E-state index contributed by atoms with van der Waals surface area (Å²) < 4.78 is 28.3. The van der Waals surface area contributed by atoms with Gasteiger partial charge in [-0.3, -0.25) is 25.0 Å². The highest BCUT2D eigenvalue weighted by Crippen LogP contribution is 2.34. The van der Waals surface area contributed by atoms with Gasteiger partial charge in [0.1, 0.15) is 5.25 Å². The molecule has 5 atom stereocenters. The molecule has 164 valence electrons. The molecule has 13 heteroatoms. The zero-order chi connectivity index (χ0) is 21.8. The van der Waals surface area contributed by atoms with E-state index in [4.69, 9.17) is 0 Å². The normalized spacial score (nSPS) is 29.7. The molecular formula is C16H25N3O8S2. The SMILES string of the molecule is CCOC(=O)NC(=O)C1CCSC1NC(=O)C1CCC(S(C)(=O)=O)C([N+](=O)[O-])C1. The lowest BCUT2D eigenvalue weighted by molar-refractivity contribution is -0.526. The van der Waals surface area contributed by atoms with Gasteiger partial charge in [-0.15, -0.1) is 11.8 Å². The van der Waals surface area contributed by atoms with Gasteiger partial charge < -0.3 is 10.1 Å². The van der Waals surface area contributed by atoms with Crippen LogP contribution in [0.1, 0.15) is 32.6 Å². The third-order valence-corrected chi connectivity index (χ3v) is 8.09. The first-order valence-corrected chi connectivity index (χ1v) is 12.3. The molecule has 0 aromatic carbocycles. The fraction of sp³-hybridized carbons (Fsp3) is 0.812. The molecule has 1 saturated carbocycles. The van der Waals surface area contributed by atoms with Gasteiger partial charge in [-0.1, -0.05) is 0 Å². The van der Waals surface area contributed by atoms with Crippen LogP contribution in [0, 0.1) is 22.0 Å². The standard InChI is InChI=1S/C16H25N3O8S2/c1-3-27-16(22)18-14(21)10-6-7-28-15(10)17-13(20)9-4-5-12(29(2,25)26)11(8-9)19(23)24/h9-12,15H,3-8H2,1-2H3,(H,17,20)(H,18,21,22). The second kappa shape index (κ2) is 9.74. The van der Waals surface area contributed by atoms with E-state index in [0.29, 0.717) is 12.2 Å². The van der Waals surface area contributed by atoms with Crippen LogP contribution in [0.15, 0.2) is 0 Å². The first kappa shape index (κ1) is 23.4. The molecule has 3 amide bonds. The first-order chi connectivity index (χ1) is 13.5. The van der Waals surface area contributed by atoms with Crippen LogP contribution in [0.2, 0.25) is 0 Å². The molecular weight excluding hydrogens is 426 g/mol. The molecule has 1 heterocycles. The fourth-order valence-corrected chi connectivity index (χ4v) is 6.38. The number of imide groups is 1. The maximum atomic E-state index is 12.7. The van der Waals surface area contributed by atoms with Gasteiger partial charge in [0.2, 0.25) is 17.9 Å². The quantitative estimate of drug-likeness (QED) is 0.427. The van der Waals surface area contributed by atoms with E-state index < -0.39 is 61.2 Å². The number of carbonyl (C=O) groups excluding carboxylic acids is 3. The third-order valence-electron chi connectivity index (χ3n) is 5.16. The van der Waals surface area contributed by atoms with Crippen molar-refractivity contribution in [3.8, 4) is 0 Å². The van der Waals surface area contributed by atoms with Crippen molar-refractivity contribution in [2.75, 3.05) is 18.6 Å². The Balaban J connectivity index is 1.99. The van der Waals surface area contributed by atoms with Gasteiger partial charge in [-0.05, 0) is 31.9 Å². The Bertz CT molecular complexity index is 772. The van der Waals surface area contributed by atoms with E-state index >= 15 is 0 Å². The summed E-state index contributed by atoms with van der Waals surface area (Å²) in [6, 6.07) is -1.34. The largest absolute Gasteiger partial charge is 0.450 e. The maximum Gasteiger partial charge on any atom is 0.413 e. The van der Waals surface area contributed by atoms with Gasteiger partial charge in [-0.25, -0.2) is 13.2 Å². The number of amides is 3. The highest BCUT2D eigenvalue weighted by Gasteiger charge is 2.46. The molecule has 2 rings (SSSR count). The molecule has 0 aromatic heterocycles. The highest BCUT2D eigenvalue weighted by molar-refractivity contribution is 8.00. The minimum atomic E-state index is -3.60. The molecule has 2 aliphatic rings. The molecule has 11 nitrogen and oxygen atoms in total. The van der Waals surface area contributed by atoms with Gasteiger partial charge in [0.05, 0.1) is 17.9 Å². The van der Waals surface area contributed by atoms with Crippen LogP contribution in [-0.2, 0) is 24.2 Å². The summed E-state index contributed by atoms with van der Waals surface area (Å²) in [6.45, 7) is 1.72. The number of carbonyl (C=O) groups is 3. The number of hydrogen-bond acceptors (Lipinski definition) is 9. The molecule has 29 heavy (non-hydrogen) atoms. The molecule has 1 saturated heterocycles. The van der Waals surface area contributed by atoms with Gasteiger partial charge in [-0.2, -0.15) is 0 Å². The summed E-state index contributed by atoms with van der Waals surface area (Å²) in [6.07, 6.45) is 0.647. The van der Waals surface area contributed by atoms with Gasteiger partial charge >= 0.3 is 6.09 Å². The van der Waals surface area contributed by atoms with Gasteiger partial charge in [0.25, 0.3) is 0 Å². The topological polar surface area (TPSA) is 162 Å². The van der Waals surface area contributed by atoms with Crippen molar-refractivity contribution in [3.63, 3.8) is 0 Å². The number of sulfone groups is 1. The Morgan fingerprint density at radius 2 is 1.90 bits per heavy atom. The Morgan fingerprint density at radius 3 is 2.48 bits per heavy atom. The van der Waals surface area contributed by atoms with E-state index in [1.54, 1.807) is 6.92 Å². The van der Waals surface area contributed by atoms with Crippen molar-refractivity contribution in [2.45, 2.75) is 49.3 Å². The van der Waals surface area contributed by atoms with Crippen LogP contribution in [-0.4, -0.2) is 66.5 Å². The molecule has 2 N–H and O–H groups in total. The van der Waals surface area contributed by atoms with Crippen LogP contribution in [0.4, 0.5) is 4.79 Å². The smallest absolute Gasteiger partial charge is 0.413 e. The average Bonchev–Trinajstić information content (AvgIpc) is 3.08. The fourth-order valence-electron chi connectivity index (χ4n) is 3.70. The van der Waals surface area contributed by atoms with E-state index in [2.05, 4.69) is 15.4 Å². The van der Waals surface area contributed by atoms with E-state index in [1.807, 2.05) is 0 Å². The number of nitro groups is 1. The predicted molar refractivity (Wildman–Crippen MR) is 104 cm³/mol. The first-order valence-electron chi connectivity index (χ1n) is 9.26. The zero-order valence-corrected chi connectivity index (χ0v) is 17.8. The van der Waals surface area contributed by atoms with Crippen molar-refractivity contribution in [2.24, 2.45) is 11.8 Å². The van der Waals surface area contributed by atoms with E-state index in [-0.39, 0.29) is 25.9 Å². The van der Waals surface area contributed by atoms with Crippen LogP contribution in [0.5, 0.6) is 0 Å². The van der Waals surface area contributed by atoms with Crippen LogP contribution >= 0.6 is 11.8 Å². The molecule has 0 bridgehead atoms. The molecule has 0 aromatic rings. The molecule has 0 radical (unpaired) electrons. The van der Waals surface area contributed by atoms with Crippen LogP contribution in [0.25, 0.3) is 0 Å². The third kappa shape index (κ3) is 6.04. The minimum Gasteiger partial charge on any atom is -0.450 e. The van der Waals surface area contributed by atoms with E-state index in [1.165, 1.54) is 11.8 Å². The summed E-state index contributed by atoms with van der Waals surface area (Å²) in [5.74, 6) is -1.74. The number of hydrogen-bond donors (Lipinski definition) is 2. The average molecular weight is 452 g/mol. The number of alkyl carbamates (subject to hydrolysis) is 1. The van der Waals surface area contributed by atoms with Crippen molar-refractivity contribution in [1.82, 2.24) is 10.6 Å². The molecule has 1 aliphatic heterocycles. The number of nitrogens with one attached hydrogen (secondary N) is 2. The van der Waals surface area contributed by atoms with Crippen molar-refractivity contribution in [3.05, 3.63) is 10.1 Å². The lowest BCUT2D eigenvalue weighted by Crippen LogP contribution is -2.50. The van der Waals surface area contributed by atoms with Crippen molar-refractivity contribution < 1.29 is 32.5 Å². The maximum absolute atomic E-state index is 12.7. The Labute approximate surface area is 172 Å². The second-order valence-corrected chi connectivity index (χ2v) is 10.6. The van der Waals surface area contributed by atoms with Gasteiger partial charge in [0.15, 0.2) is 9.84 Å². The second-order valence-electron chi connectivity index (χ2n) is 7.14. The van der Waals surface area contributed by atoms with Crippen molar-refractivity contribution in [1.29, 1.82) is 0 Å². The zero-order valence-electron chi connectivity index (χ0n) is 16.2. The highest BCUT2D eigenvalue weighted by atomic mass is 32.2. The van der Waals surface area contributed by atoms with Crippen LogP contribution < -0.4 is 10.6 Å². The Kier molecular flexibility index (Phi) is 7.86. The summed E-state index contributed by atoms with van der Waals surface area (Å²) in [7, 11) is -3.60. The van der Waals surface area contributed by atoms with Gasteiger partial charge in [0, 0.05) is 23.5 Å². The number of ether oxygens (including phenoxy) is 1. The Hall–Kier alpha value is -1.89. The summed E-state index contributed by atoms with van der Waals surface area (Å²) in [5, 5.41) is 14.5. The predicted octanol–water partition coefficient (Wildman–Crippen LogP) is 0.313.